The van der Waals surface area contributed by atoms with E-state index in [1.165, 1.54) is 32.1 Å². The summed E-state index contributed by atoms with van der Waals surface area (Å²) in [5, 5.41) is 6.60. The Bertz CT molecular complexity index is 321. The van der Waals surface area contributed by atoms with E-state index in [2.05, 4.69) is 24.5 Å². The summed E-state index contributed by atoms with van der Waals surface area (Å²) in [6.45, 7) is 5.80. The Balaban J connectivity index is 1.67. The molecule has 21 heavy (non-hydrogen) atoms. The van der Waals surface area contributed by atoms with E-state index < -0.39 is 0 Å². The molecule has 2 N–H and O–H groups in total. The van der Waals surface area contributed by atoms with Gasteiger partial charge in [-0.05, 0) is 39.0 Å². The van der Waals surface area contributed by atoms with Gasteiger partial charge in [-0.1, -0.05) is 26.2 Å². The number of carbonyl (C=O) groups excluding carboxylic acids is 1. The Hall–Kier alpha value is -0.610. The second-order valence-corrected chi connectivity index (χ2v) is 6.86. The molecular formula is C17H32N2O2. The van der Waals surface area contributed by atoms with Gasteiger partial charge in [0.05, 0.1) is 5.60 Å². The van der Waals surface area contributed by atoms with Crippen LogP contribution in [-0.4, -0.2) is 36.7 Å². The van der Waals surface area contributed by atoms with Crippen LogP contribution in [0.4, 0.5) is 0 Å². The maximum Gasteiger partial charge on any atom is 0.221 e. The normalized spacial score (nSPS) is 26.5. The van der Waals surface area contributed by atoms with Crippen molar-refractivity contribution in [2.24, 2.45) is 0 Å². The fourth-order valence-corrected chi connectivity index (χ4v) is 3.59. The number of hydrogen-bond acceptors (Lipinski definition) is 3. The lowest BCUT2D eigenvalue weighted by molar-refractivity contribution is -0.121. The van der Waals surface area contributed by atoms with Crippen LogP contribution >= 0.6 is 0 Å². The number of ether oxygens (including phenoxy) is 1. The van der Waals surface area contributed by atoms with Crippen molar-refractivity contribution in [1.82, 2.24) is 10.6 Å². The van der Waals surface area contributed by atoms with E-state index in [1.54, 1.807) is 0 Å². The van der Waals surface area contributed by atoms with Gasteiger partial charge in [-0.25, -0.2) is 0 Å². The maximum absolute atomic E-state index is 11.8. The second-order valence-electron chi connectivity index (χ2n) is 6.86. The third-order valence-corrected chi connectivity index (χ3v) is 5.06. The fraction of sp³-hybridized carbons (Fsp3) is 0.941. The van der Waals surface area contributed by atoms with Crippen LogP contribution in [0.25, 0.3) is 0 Å². The molecule has 2 unspecified atom stereocenters. The van der Waals surface area contributed by atoms with Crippen molar-refractivity contribution in [2.45, 2.75) is 89.3 Å². The predicted molar refractivity (Wildman–Crippen MR) is 85.3 cm³/mol. The first-order chi connectivity index (χ1) is 10.1. The summed E-state index contributed by atoms with van der Waals surface area (Å²) in [4.78, 5) is 11.8. The lowest BCUT2D eigenvalue weighted by Crippen LogP contribution is -2.48. The van der Waals surface area contributed by atoms with Gasteiger partial charge in [-0.15, -0.1) is 0 Å². The van der Waals surface area contributed by atoms with Gasteiger partial charge in [0.25, 0.3) is 0 Å². The number of rotatable bonds is 6. The summed E-state index contributed by atoms with van der Waals surface area (Å²) >= 11 is 0. The van der Waals surface area contributed by atoms with Gasteiger partial charge in [0.1, 0.15) is 0 Å². The highest BCUT2D eigenvalue weighted by Gasteiger charge is 2.38. The molecule has 1 saturated carbocycles. The van der Waals surface area contributed by atoms with Crippen molar-refractivity contribution in [3.05, 3.63) is 0 Å². The summed E-state index contributed by atoms with van der Waals surface area (Å²) in [6.07, 6.45) is 10.2. The zero-order chi connectivity index (χ0) is 15.1. The molecule has 0 bridgehead atoms. The number of hydrogen-bond donors (Lipinski definition) is 2. The van der Waals surface area contributed by atoms with Gasteiger partial charge in [-0.2, -0.15) is 0 Å². The Morgan fingerprint density at radius 1 is 1.33 bits per heavy atom. The summed E-state index contributed by atoms with van der Waals surface area (Å²) < 4.78 is 6.11. The first kappa shape index (κ1) is 16.8. The molecule has 1 spiro atoms. The van der Waals surface area contributed by atoms with E-state index in [4.69, 9.17) is 4.74 Å². The molecule has 1 saturated heterocycles. The molecule has 2 rings (SSSR count). The van der Waals surface area contributed by atoms with Crippen LogP contribution in [-0.2, 0) is 9.53 Å². The Morgan fingerprint density at radius 2 is 2.10 bits per heavy atom. The van der Waals surface area contributed by atoms with E-state index in [-0.39, 0.29) is 17.6 Å². The summed E-state index contributed by atoms with van der Waals surface area (Å²) in [7, 11) is 0. The van der Waals surface area contributed by atoms with Crippen molar-refractivity contribution >= 4 is 5.91 Å². The third kappa shape index (κ3) is 5.26. The topological polar surface area (TPSA) is 50.4 Å². The van der Waals surface area contributed by atoms with Crippen LogP contribution in [0.3, 0.4) is 0 Å². The molecule has 2 fully saturated rings. The highest BCUT2D eigenvalue weighted by molar-refractivity contribution is 5.76. The van der Waals surface area contributed by atoms with Crippen LogP contribution in [0.5, 0.6) is 0 Å². The number of amides is 1. The molecule has 2 atom stereocenters. The van der Waals surface area contributed by atoms with Crippen molar-refractivity contribution in [3.63, 3.8) is 0 Å². The van der Waals surface area contributed by atoms with Crippen LogP contribution in [0.2, 0.25) is 0 Å². The standard InChI is InChI=1S/C17H32N2O2/c1-3-14(2)19-16(20)7-11-18-15-8-12-21-17(13-15)9-5-4-6-10-17/h14-15,18H,3-13H2,1-2H3,(H,19,20). The minimum absolute atomic E-state index is 0.146. The maximum atomic E-state index is 11.8. The molecule has 4 heteroatoms. The van der Waals surface area contributed by atoms with Gasteiger partial charge in [0.2, 0.25) is 5.91 Å². The van der Waals surface area contributed by atoms with Gasteiger partial charge in [0.15, 0.2) is 0 Å². The molecule has 1 aliphatic carbocycles. The molecular weight excluding hydrogens is 264 g/mol. The molecule has 1 heterocycles. The number of carbonyl (C=O) groups is 1. The smallest absolute Gasteiger partial charge is 0.221 e. The predicted octanol–water partition coefficient (Wildman–Crippen LogP) is 2.76. The highest BCUT2D eigenvalue weighted by atomic mass is 16.5. The minimum atomic E-state index is 0.146. The van der Waals surface area contributed by atoms with Gasteiger partial charge in [0, 0.05) is 31.7 Å². The quantitative estimate of drug-likeness (QED) is 0.792. The first-order valence-corrected chi connectivity index (χ1v) is 8.80. The average Bonchev–Trinajstić information content (AvgIpc) is 2.48. The van der Waals surface area contributed by atoms with Crippen LogP contribution in [0.1, 0.15) is 71.6 Å². The van der Waals surface area contributed by atoms with E-state index >= 15 is 0 Å². The van der Waals surface area contributed by atoms with Crippen LogP contribution < -0.4 is 10.6 Å². The summed E-state index contributed by atoms with van der Waals surface area (Å²) in [5.41, 5.74) is 0.146. The molecule has 122 valence electrons. The van der Waals surface area contributed by atoms with E-state index in [0.717, 1.165) is 32.4 Å². The van der Waals surface area contributed by atoms with Gasteiger partial charge >= 0.3 is 0 Å². The largest absolute Gasteiger partial charge is 0.375 e. The van der Waals surface area contributed by atoms with Crippen molar-refractivity contribution < 1.29 is 9.53 Å². The van der Waals surface area contributed by atoms with E-state index in [9.17, 15) is 4.79 Å². The van der Waals surface area contributed by atoms with E-state index in [0.29, 0.717) is 12.5 Å². The minimum Gasteiger partial charge on any atom is -0.375 e. The van der Waals surface area contributed by atoms with Crippen molar-refractivity contribution in [3.8, 4) is 0 Å². The highest BCUT2D eigenvalue weighted by Crippen LogP contribution is 2.38. The SMILES string of the molecule is CCC(C)NC(=O)CCNC1CCOC2(CCCCC2)C1. The number of nitrogens with one attached hydrogen (secondary N) is 2. The van der Waals surface area contributed by atoms with Crippen molar-refractivity contribution in [2.75, 3.05) is 13.2 Å². The molecule has 2 aliphatic rings. The summed E-state index contributed by atoms with van der Waals surface area (Å²) in [5.74, 6) is 0.163. The Morgan fingerprint density at radius 3 is 2.81 bits per heavy atom. The molecule has 0 aromatic heterocycles. The van der Waals surface area contributed by atoms with E-state index in [1.807, 2.05) is 0 Å². The second kappa shape index (κ2) is 8.14. The summed E-state index contributed by atoms with van der Waals surface area (Å²) in [6, 6.07) is 0.805. The monoisotopic (exact) mass is 296 g/mol. The zero-order valence-electron chi connectivity index (χ0n) is 13.7. The molecule has 1 aliphatic heterocycles. The Labute approximate surface area is 129 Å². The average molecular weight is 296 g/mol. The molecule has 1 amide bonds. The molecule has 0 aromatic rings. The van der Waals surface area contributed by atoms with Gasteiger partial charge < -0.3 is 15.4 Å². The Kier molecular flexibility index (Phi) is 6.49. The fourth-order valence-electron chi connectivity index (χ4n) is 3.59. The molecule has 4 nitrogen and oxygen atoms in total. The lowest BCUT2D eigenvalue weighted by Gasteiger charge is -2.43. The van der Waals surface area contributed by atoms with Crippen molar-refractivity contribution in [1.29, 1.82) is 0 Å². The van der Waals surface area contributed by atoms with Gasteiger partial charge in [-0.3, -0.25) is 4.79 Å². The third-order valence-electron chi connectivity index (χ3n) is 5.06. The molecule has 0 aromatic carbocycles. The van der Waals surface area contributed by atoms with Crippen LogP contribution in [0, 0.1) is 0 Å². The lowest BCUT2D eigenvalue weighted by atomic mass is 9.78. The first-order valence-electron chi connectivity index (χ1n) is 8.80. The van der Waals surface area contributed by atoms with Crippen LogP contribution in [0.15, 0.2) is 0 Å². The zero-order valence-corrected chi connectivity index (χ0v) is 13.7. The molecule has 0 radical (unpaired) electrons.